The predicted molar refractivity (Wildman–Crippen MR) is 128 cm³/mol. The van der Waals surface area contributed by atoms with Gasteiger partial charge >= 0.3 is 5.97 Å². The van der Waals surface area contributed by atoms with Crippen LogP contribution in [-0.4, -0.2) is 12.6 Å². The van der Waals surface area contributed by atoms with Crippen LogP contribution in [0.3, 0.4) is 0 Å². The molecule has 0 saturated heterocycles. The first-order valence-electron chi connectivity index (χ1n) is 10.9. The van der Waals surface area contributed by atoms with Gasteiger partial charge in [0.15, 0.2) is 6.61 Å². The summed E-state index contributed by atoms with van der Waals surface area (Å²) in [6, 6.07) is 21.7. The Labute approximate surface area is 186 Å². The smallest absolute Gasteiger partial charge is 0.349 e. The van der Waals surface area contributed by atoms with Gasteiger partial charge in [-0.3, -0.25) is 0 Å². The lowest BCUT2D eigenvalue weighted by Crippen LogP contribution is -2.23. The molecule has 164 valence electrons. The van der Waals surface area contributed by atoms with Crippen LogP contribution in [0.15, 0.2) is 66.7 Å². The molecule has 0 fully saturated rings. The third-order valence-electron chi connectivity index (χ3n) is 5.45. The zero-order chi connectivity index (χ0) is 22.6. The highest BCUT2D eigenvalue weighted by Gasteiger charge is 2.30. The lowest BCUT2D eigenvalue weighted by atomic mass is 9.69. The van der Waals surface area contributed by atoms with Gasteiger partial charge in [0.2, 0.25) is 0 Å². The number of hydrogen-bond donors (Lipinski definition) is 0. The van der Waals surface area contributed by atoms with Crippen LogP contribution >= 0.6 is 0 Å². The van der Waals surface area contributed by atoms with Gasteiger partial charge in [0.25, 0.3) is 0 Å². The van der Waals surface area contributed by atoms with E-state index in [9.17, 15) is 4.79 Å². The van der Waals surface area contributed by atoms with E-state index in [1.54, 1.807) is 6.07 Å². The van der Waals surface area contributed by atoms with E-state index >= 15 is 0 Å². The van der Waals surface area contributed by atoms with Crippen molar-refractivity contribution >= 4 is 16.7 Å². The second-order valence-electron chi connectivity index (χ2n) is 10.5. The highest BCUT2D eigenvalue weighted by Crippen LogP contribution is 2.43. The molecule has 3 aromatic carbocycles. The predicted octanol–water partition coefficient (Wildman–Crippen LogP) is 7.39. The summed E-state index contributed by atoms with van der Waals surface area (Å²) in [6.07, 6.45) is 1.11. The molecule has 0 amide bonds. The van der Waals surface area contributed by atoms with Gasteiger partial charge < -0.3 is 9.47 Å². The Hall–Kier alpha value is -2.81. The molecule has 0 bridgehead atoms. The molecule has 0 aliphatic rings. The third kappa shape index (κ3) is 6.58. The summed E-state index contributed by atoms with van der Waals surface area (Å²) in [5.74, 6) is 1.22. The normalized spacial score (nSPS) is 13.1. The van der Waals surface area contributed by atoms with Crippen LogP contribution in [0, 0.1) is 10.8 Å². The summed E-state index contributed by atoms with van der Waals surface area (Å²) in [5.41, 5.74) is 1.72. The van der Waals surface area contributed by atoms with Crippen molar-refractivity contribution in [3.05, 3.63) is 72.3 Å². The van der Waals surface area contributed by atoms with Crippen molar-refractivity contribution < 1.29 is 14.3 Å². The van der Waals surface area contributed by atoms with Crippen LogP contribution in [0.4, 0.5) is 0 Å². The molecule has 3 aromatic rings. The van der Waals surface area contributed by atoms with Gasteiger partial charge in [-0.05, 0) is 63.8 Å². The Bertz CT molecular complexity index is 1020. The number of ether oxygens (including phenoxy) is 2. The third-order valence-corrected chi connectivity index (χ3v) is 5.45. The molecule has 0 aromatic heterocycles. The molecule has 0 aliphatic carbocycles. The van der Waals surface area contributed by atoms with E-state index in [-0.39, 0.29) is 17.4 Å². The molecule has 0 heterocycles. The molecule has 1 atom stereocenters. The summed E-state index contributed by atoms with van der Waals surface area (Å²) >= 11 is 0. The molecule has 0 saturated carbocycles. The Balaban J connectivity index is 1.60. The zero-order valence-corrected chi connectivity index (χ0v) is 19.6. The lowest BCUT2D eigenvalue weighted by Gasteiger charge is -2.36. The summed E-state index contributed by atoms with van der Waals surface area (Å²) in [7, 11) is 0. The van der Waals surface area contributed by atoms with E-state index in [4.69, 9.17) is 9.47 Å². The van der Waals surface area contributed by atoms with Crippen molar-refractivity contribution in [1.29, 1.82) is 0 Å². The minimum Gasteiger partial charge on any atom is -0.482 e. The Morgan fingerprint density at radius 2 is 1.42 bits per heavy atom. The lowest BCUT2D eigenvalue weighted by molar-refractivity contribution is -0.136. The first kappa shape index (κ1) is 22.9. The van der Waals surface area contributed by atoms with E-state index < -0.39 is 5.97 Å². The number of carbonyl (C=O) groups is 1. The van der Waals surface area contributed by atoms with Gasteiger partial charge in [0.05, 0.1) is 0 Å². The Morgan fingerprint density at radius 3 is 2.03 bits per heavy atom. The first-order valence-corrected chi connectivity index (χ1v) is 10.9. The fourth-order valence-corrected chi connectivity index (χ4v) is 3.87. The van der Waals surface area contributed by atoms with Gasteiger partial charge in [0.1, 0.15) is 11.5 Å². The molecule has 0 radical (unpaired) electrons. The number of carbonyl (C=O) groups excluding carboxylic acids is 1. The van der Waals surface area contributed by atoms with Crippen LogP contribution in [0.2, 0.25) is 0 Å². The van der Waals surface area contributed by atoms with Gasteiger partial charge in [-0.1, -0.05) is 84.0 Å². The second-order valence-corrected chi connectivity index (χ2v) is 10.5. The Morgan fingerprint density at radius 1 is 0.806 bits per heavy atom. The van der Waals surface area contributed by atoms with Crippen LogP contribution in [0.25, 0.3) is 10.8 Å². The maximum Gasteiger partial charge on any atom is 0.349 e. The number of rotatable bonds is 6. The molecular formula is C28H34O3. The average molecular weight is 419 g/mol. The molecule has 31 heavy (non-hydrogen) atoms. The van der Waals surface area contributed by atoms with E-state index in [2.05, 4.69) is 53.7 Å². The number of esters is 1. The highest BCUT2D eigenvalue weighted by atomic mass is 16.6. The minimum absolute atomic E-state index is 0.128. The first-order chi connectivity index (χ1) is 14.5. The zero-order valence-electron chi connectivity index (χ0n) is 19.6. The SMILES string of the molecule is CC(C)(C)CC(c1ccc(OCC(=O)Oc2ccc3ccccc3c2)cc1)C(C)(C)C. The number of fused-ring (bicyclic) bond motifs is 1. The molecule has 0 spiro atoms. The molecule has 0 aliphatic heterocycles. The van der Waals surface area contributed by atoms with Gasteiger partial charge in [-0.15, -0.1) is 0 Å². The maximum absolute atomic E-state index is 12.2. The van der Waals surface area contributed by atoms with Crippen LogP contribution < -0.4 is 9.47 Å². The monoisotopic (exact) mass is 418 g/mol. The maximum atomic E-state index is 12.2. The fourth-order valence-electron chi connectivity index (χ4n) is 3.87. The van der Waals surface area contributed by atoms with Crippen molar-refractivity contribution in [3.63, 3.8) is 0 Å². The van der Waals surface area contributed by atoms with Crippen LogP contribution in [0.5, 0.6) is 11.5 Å². The second kappa shape index (κ2) is 9.13. The molecule has 3 heteroatoms. The van der Waals surface area contributed by atoms with Crippen molar-refractivity contribution in [1.82, 2.24) is 0 Å². The fraction of sp³-hybridized carbons (Fsp3) is 0.393. The van der Waals surface area contributed by atoms with Crippen molar-refractivity contribution in [2.75, 3.05) is 6.61 Å². The summed E-state index contributed by atoms with van der Waals surface area (Å²) in [5, 5.41) is 2.15. The van der Waals surface area contributed by atoms with Crippen molar-refractivity contribution in [2.24, 2.45) is 10.8 Å². The number of benzene rings is 3. The quantitative estimate of drug-likeness (QED) is 0.309. The van der Waals surface area contributed by atoms with Crippen molar-refractivity contribution in [2.45, 2.75) is 53.9 Å². The topological polar surface area (TPSA) is 35.5 Å². The largest absolute Gasteiger partial charge is 0.482 e. The summed E-state index contributed by atoms with van der Waals surface area (Å²) in [6.45, 7) is 13.6. The summed E-state index contributed by atoms with van der Waals surface area (Å²) < 4.78 is 11.1. The van der Waals surface area contributed by atoms with Gasteiger partial charge in [-0.2, -0.15) is 0 Å². The van der Waals surface area contributed by atoms with E-state index in [1.807, 2.05) is 48.5 Å². The highest BCUT2D eigenvalue weighted by molar-refractivity contribution is 5.84. The summed E-state index contributed by atoms with van der Waals surface area (Å²) in [4.78, 5) is 12.2. The van der Waals surface area contributed by atoms with Crippen LogP contribution in [0.1, 0.15) is 59.4 Å². The molecular weight excluding hydrogens is 384 g/mol. The van der Waals surface area contributed by atoms with Crippen molar-refractivity contribution in [3.8, 4) is 11.5 Å². The molecule has 0 N–H and O–H groups in total. The van der Waals surface area contributed by atoms with E-state index in [1.165, 1.54) is 5.56 Å². The van der Waals surface area contributed by atoms with E-state index in [0.29, 0.717) is 17.4 Å². The molecule has 3 nitrogen and oxygen atoms in total. The number of hydrogen-bond acceptors (Lipinski definition) is 3. The molecule has 1 unspecified atom stereocenters. The molecule has 3 rings (SSSR count). The van der Waals surface area contributed by atoms with Gasteiger partial charge in [-0.25, -0.2) is 4.79 Å². The minimum atomic E-state index is -0.417. The Kier molecular flexibility index (Phi) is 6.74. The van der Waals surface area contributed by atoms with Crippen LogP contribution in [-0.2, 0) is 4.79 Å². The van der Waals surface area contributed by atoms with Gasteiger partial charge in [0, 0.05) is 0 Å². The van der Waals surface area contributed by atoms with E-state index in [0.717, 1.165) is 17.2 Å². The average Bonchev–Trinajstić information content (AvgIpc) is 2.69. The standard InChI is InChI=1S/C28H34O3/c1-27(2,3)18-25(28(4,5)6)21-12-14-23(15-13-21)30-19-26(29)31-24-16-11-20-9-7-8-10-22(20)17-24/h7-17,25H,18-19H2,1-6H3.